The van der Waals surface area contributed by atoms with Gasteiger partial charge in [-0.15, -0.1) is 0 Å². The molecular weight excluding hydrogens is 438 g/mol. The van der Waals surface area contributed by atoms with E-state index in [0.717, 1.165) is 5.56 Å². The number of benzene rings is 1. The Hall–Kier alpha value is -2.98. The number of hydrogen-bond acceptors (Lipinski definition) is 6. The monoisotopic (exact) mass is 477 g/mol. The molecular formula is C24H39N5O5. The van der Waals surface area contributed by atoms with Crippen molar-refractivity contribution >= 4 is 23.7 Å². The predicted octanol–water partition coefficient (Wildman–Crippen LogP) is 0.290. The highest BCUT2D eigenvalue weighted by molar-refractivity contribution is 5.95. The Labute approximate surface area is 201 Å². The van der Waals surface area contributed by atoms with Crippen LogP contribution in [0, 0.1) is 5.92 Å². The lowest BCUT2D eigenvalue weighted by Crippen LogP contribution is -2.60. The molecule has 8 N–H and O–H groups in total. The molecule has 0 aliphatic heterocycles. The van der Waals surface area contributed by atoms with Crippen molar-refractivity contribution in [2.45, 2.75) is 77.0 Å². The van der Waals surface area contributed by atoms with Crippen LogP contribution in [0.2, 0.25) is 0 Å². The first-order valence-corrected chi connectivity index (χ1v) is 11.5. The van der Waals surface area contributed by atoms with Gasteiger partial charge < -0.3 is 32.5 Å². The number of carboxylic acid groups (broad SMARTS) is 1. The van der Waals surface area contributed by atoms with Gasteiger partial charge in [-0.25, -0.2) is 4.79 Å². The molecule has 0 radical (unpaired) electrons. The van der Waals surface area contributed by atoms with Crippen molar-refractivity contribution in [3.05, 3.63) is 35.9 Å². The van der Waals surface area contributed by atoms with E-state index in [1.165, 1.54) is 13.8 Å². The third-order valence-corrected chi connectivity index (χ3v) is 5.30. The van der Waals surface area contributed by atoms with Gasteiger partial charge in [0.1, 0.15) is 18.1 Å². The van der Waals surface area contributed by atoms with Crippen molar-refractivity contribution in [2.24, 2.45) is 17.4 Å². The molecule has 1 aromatic rings. The second-order valence-electron chi connectivity index (χ2n) is 9.35. The maximum Gasteiger partial charge on any atom is 0.326 e. The van der Waals surface area contributed by atoms with Crippen molar-refractivity contribution in [1.29, 1.82) is 0 Å². The molecule has 0 saturated carbocycles. The van der Waals surface area contributed by atoms with Crippen molar-refractivity contribution in [2.75, 3.05) is 6.54 Å². The van der Waals surface area contributed by atoms with E-state index >= 15 is 0 Å². The van der Waals surface area contributed by atoms with Gasteiger partial charge in [-0.2, -0.15) is 0 Å². The van der Waals surface area contributed by atoms with Crippen molar-refractivity contribution in [1.82, 2.24) is 16.0 Å². The van der Waals surface area contributed by atoms with Crippen LogP contribution in [-0.2, 0) is 25.6 Å². The molecule has 1 rings (SSSR count). The highest BCUT2D eigenvalue weighted by atomic mass is 16.4. The van der Waals surface area contributed by atoms with Crippen LogP contribution >= 0.6 is 0 Å². The number of aliphatic carboxylic acids is 1. The number of carbonyl (C=O) groups is 4. The van der Waals surface area contributed by atoms with Gasteiger partial charge in [0.05, 0.1) is 5.54 Å². The van der Waals surface area contributed by atoms with E-state index in [9.17, 15) is 24.3 Å². The molecule has 0 spiro atoms. The van der Waals surface area contributed by atoms with E-state index in [-0.39, 0.29) is 18.8 Å². The molecule has 3 atom stereocenters. The molecule has 190 valence electrons. The van der Waals surface area contributed by atoms with Gasteiger partial charge in [-0.05, 0) is 51.1 Å². The summed E-state index contributed by atoms with van der Waals surface area (Å²) in [6.07, 6.45) is 1.55. The van der Waals surface area contributed by atoms with E-state index in [1.54, 1.807) is 38.1 Å². The quantitative estimate of drug-likeness (QED) is 0.209. The molecule has 3 amide bonds. The number of amides is 3. The fourth-order valence-corrected chi connectivity index (χ4v) is 3.21. The number of hydrogen-bond donors (Lipinski definition) is 6. The summed E-state index contributed by atoms with van der Waals surface area (Å²) in [6, 6.07) is 5.97. The Morgan fingerprint density at radius 3 is 2.03 bits per heavy atom. The largest absolute Gasteiger partial charge is 0.480 e. The summed E-state index contributed by atoms with van der Waals surface area (Å²) in [5, 5.41) is 17.4. The third kappa shape index (κ3) is 9.88. The van der Waals surface area contributed by atoms with Crippen LogP contribution in [0.1, 0.15) is 52.5 Å². The number of carbonyl (C=O) groups excluding carboxylic acids is 3. The molecule has 0 aromatic heterocycles. The Morgan fingerprint density at radius 2 is 1.53 bits per heavy atom. The van der Waals surface area contributed by atoms with E-state index in [2.05, 4.69) is 16.0 Å². The maximum atomic E-state index is 13.1. The van der Waals surface area contributed by atoms with Crippen LogP contribution in [-0.4, -0.2) is 59.0 Å². The molecule has 0 aliphatic rings. The van der Waals surface area contributed by atoms with Gasteiger partial charge in [0, 0.05) is 6.42 Å². The SMILES string of the molecule is CC(C)[C@H](NC(=O)C(C)(C)N)C(=O)N[C@@H](Cc1ccccc1)C(=O)N[C@@H](CCCCN)C(=O)O. The highest BCUT2D eigenvalue weighted by Gasteiger charge is 2.33. The van der Waals surface area contributed by atoms with Crippen LogP contribution in [0.15, 0.2) is 30.3 Å². The van der Waals surface area contributed by atoms with Crippen LogP contribution in [0.4, 0.5) is 0 Å². The third-order valence-electron chi connectivity index (χ3n) is 5.30. The first-order valence-electron chi connectivity index (χ1n) is 11.5. The van der Waals surface area contributed by atoms with Crippen molar-refractivity contribution in [3.63, 3.8) is 0 Å². The number of nitrogens with two attached hydrogens (primary N) is 2. The first-order chi connectivity index (χ1) is 15.9. The van der Waals surface area contributed by atoms with E-state index in [4.69, 9.17) is 11.5 Å². The minimum Gasteiger partial charge on any atom is -0.480 e. The molecule has 0 saturated heterocycles. The number of unbranched alkanes of at least 4 members (excludes halogenated alkanes) is 1. The molecule has 0 aliphatic carbocycles. The predicted molar refractivity (Wildman–Crippen MR) is 130 cm³/mol. The number of nitrogens with one attached hydrogen (secondary N) is 3. The second-order valence-corrected chi connectivity index (χ2v) is 9.35. The van der Waals surface area contributed by atoms with Gasteiger partial charge in [-0.1, -0.05) is 44.2 Å². The topological polar surface area (TPSA) is 177 Å². The highest BCUT2D eigenvalue weighted by Crippen LogP contribution is 2.09. The summed E-state index contributed by atoms with van der Waals surface area (Å²) in [5.74, 6) is -3.12. The normalized spacial score (nSPS) is 14.1. The molecule has 0 unspecified atom stereocenters. The molecule has 34 heavy (non-hydrogen) atoms. The summed E-state index contributed by atoms with van der Waals surface area (Å²) < 4.78 is 0. The molecule has 0 heterocycles. The molecule has 10 nitrogen and oxygen atoms in total. The van der Waals surface area contributed by atoms with Gasteiger partial charge in [0.2, 0.25) is 17.7 Å². The average Bonchev–Trinajstić information content (AvgIpc) is 2.75. The fourth-order valence-electron chi connectivity index (χ4n) is 3.21. The Morgan fingerprint density at radius 1 is 0.941 bits per heavy atom. The zero-order valence-electron chi connectivity index (χ0n) is 20.5. The Balaban J connectivity index is 3.08. The summed E-state index contributed by atoms with van der Waals surface area (Å²) in [4.78, 5) is 50.2. The summed E-state index contributed by atoms with van der Waals surface area (Å²) in [6.45, 7) is 7.01. The van der Waals surface area contributed by atoms with Gasteiger partial charge in [-0.3, -0.25) is 14.4 Å². The van der Waals surface area contributed by atoms with Crippen LogP contribution in [0.5, 0.6) is 0 Å². The summed E-state index contributed by atoms with van der Waals surface area (Å²) in [5.41, 5.74) is 10.9. The van der Waals surface area contributed by atoms with Gasteiger partial charge >= 0.3 is 5.97 Å². The van der Waals surface area contributed by atoms with E-state index in [1.807, 2.05) is 6.07 Å². The maximum absolute atomic E-state index is 13.1. The van der Waals surface area contributed by atoms with Crippen LogP contribution in [0.25, 0.3) is 0 Å². The average molecular weight is 478 g/mol. The minimum absolute atomic E-state index is 0.148. The van der Waals surface area contributed by atoms with Crippen LogP contribution < -0.4 is 27.4 Å². The lowest BCUT2D eigenvalue weighted by Gasteiger charge is -2.28. The molecule has 10 heteroatoms. The minimum atomic E-state index is -1.19. The number of rotatable bonds is 14. The Kier molecular flexibility index (Phi) is 11.7. The fraction of sp³-hybridized carbons (Fsp3) is 0.583. The zero-order valence-corrected chi connectivity index (χ0v) is 20.5. The van der Waals surface area contributed by atoms with Gasteiger partial charge in [0.15, 0.2) is 0 Å². The standard InChI is InChI=1S/C24H39N5O5/c1-15(2)19(29-23(34)24(3,4)26)21(31)28-18(14-16-10-6-5-7-11-16)20(30)27-17(22(32)33)12-8-9-13-25/h5-7,10-11,15,17-19H,8-9,12-14,25-26H2,1-4H3,(H,27,30)(H,28,31)(H,29,34)(H,32,33)/t17-,18-,19-/m0/s1. The molecule has 0 fully saturated rings. The second kappa shape index (κ2) is 13.7. The lowest BCUT2D eigenvalue weighted by molar-refractivity contribution is -0.142. The molecule has 0 bridgehead atoms. The zero-order chi connectivity index (χ0) is 25.9. The number of carboxylic acids is 1. The van der Waals surface area contributed by atoms with Crippen molar-refractivity contribution in [3.8, 4) is 0 Å². The van der Waals surface area contributed by atoms with E-state index < -0.39 is 47.4 Å². The Bertz CT molecular complexity index is 823. The first kappa shape index (κ1) is 29.1. The van der Waals surface area contributed by atoms with E-state index in [0.29, 0.717) is 19.4 Å². The van der Waals surface area contributed by atoms with Crippen LogP contribution in [0.3, 0.4) is 0 Å². The smallest absolute Gasteiger partial charge is 0.326 e. The van der Waals surface area contributed by atoms with Gasteiger partial charge in [0.25, 0.3) is 0 Å². The van der Waals surface area contributed by atoms with Crippen molar-refractivity contribution < 1.29 is 24.3 Å². The molecule has 1 aromatic carbocycles. The lowest BCUT2D eigenvalue weighted by atomic mass is 9.98. The summed E-state index contributed by atoms with van der Waals surface area (Å²) >= 11 is 0. The summed E-state index contributed by atoms with van der Waals surface area (Å²) in [7, 11) is 0.